The zero-order chi connectivity index (χ0) is 29.1. The van der Waals surface area contributed by atoms with E-state index in [1.54, 1.807) is 37.4 Å². The summed E-state index contributed by atoms with van der Waals surface area (Å²) in [5.74, 6) is 0.560. The second-order valence-corrected chi connectivity index (χ2v) is 10.1. The molecule has 0 saturated carbocycles. The molecule has 0 aliphatic carbocycles. The van der Waals surface area contributed by atoms with E-state index in [9.17, 15) is 14.7 Å². The zero-order valence-corrected chi connectivity index (χ0v) is 23.8. The molecule has 0 fully saturated rings. The van der Waals surface area contributed by atoms with Crippen molar-refractivity contribution in [1.82, 2.24) is 9.66 Å². The molecule has 0 radical (unpaired) electrons. The number of aromatic nitrogens is 2. The van der Waals surface area contributed by atoms with Crippen LogP contribution >= 0.6 is 0 Å². The summed E-state index contributed by atoms with van der Waals surface area (Å²) in [5.41, 5.74) is 4.18. The van der Waals surface area contributed by atoms with Gasteiger partial charge in [-0.1, -0.05) is 26.0 Å². The van der Waals surface area contributed by atoms with Crippen molar-refractivity contribution in [1.29, 1.82) is 0 Å². The van der Waals surface area contributed by atoms with Gasteiger partial charge in [0.25, 0.3) is 5.56 Å². The van der Waals surface area contributed by atoms with E-state index >= 15 is 0 Å². The summed E-state index contributed by atoms with van der Waals surface area (Å²) in [6.45, 7) is 7.55. The van der Waals surface area contributed by atoms with Crippen molar-refractivity contribution < 1.29 is 19.4 Å². The van der Waals surface area contributed by atoms with E-state index in [1.165, 1.54) is 17.8 Å². The van der Waals surface area contributed by atoms with E-state index in [4.69, 9.17) is 14.5 Å². The quantitative estimate of drug-likeness (QED) is 0.286. The fourth-order valence-corrected chi connectivity index (χ4v) is 4.34. The van der Waals surface area contributed by atoms with E-state index in [0.29, 0.717) is 28.0 Å². The van der Waals surface area contributed by atoms with Gasteiger partial charge in [0, 0.05) is 37.0 Å². The molecule has 0 unspecified atom stereocenters. The smallest absolute Gasteiger partial charge is 0.344 e. The summed E-state index contributed by atoms with van der Waals surface area (Å²) in [7, 11) is 5.40. The van der Waals surface area contributed by atoms with Crippen LogP contribution in [0.4, 0.5) is 5.69 Å². The number of rotatable bonds is 9. The molecule has 1 atom stereocenters. The third-order valence-electron chi connectivity index (χ3n) is 6.67. The van der Waals surface area contributed by atoms with Gasteiger partial charge in [0.05, 0.1) is 24.2 Å². The monoisotopic (exact) mass is 542 g/mol. The average Bonchev–Trinajstić information content (AvgIpc) is 2.92. The Labute approximate surface area is 233 Å². The lowest BCUT2D eigenvalue weighted by atomic mass is 9.96. The maximum atomic E-state index is 13.8. The van der Waals surface area contributed by atoms with Gasteiger partial charge in [-0.2, -0.15) is 9.78 Å². The van der Waals surface area contributed by atoms with Crippen molar-refractivity contribution >= 4 is 28.8 Å². The Morgan fingerprint density at radius 2 is 1.80 bits per heavy atom. The van der Waals surface area contributed by atoms with Crippen molar-refractivity contribution in [2.45, 2.75) is 39.7 Å². The standard InChI is InChI=1S/C31H34N4O5/c1-18(2)24-16-25(19(3)14-28(24)39-7)29-33-26-11-9-8-10-23(26)30(36)35(29)32-17-21-12-13-22(34(5)6)15-27(21)40-20(4)31(37)38/h8-18,20H,1-7H3,(H,37,38)/t20-/m1/s1. The van der Waals surface area contributed by atoms with Crippen molar-refractivity contribution in [2.75, 3.05) is 26.1 Å². The first-order valence-corrected chi connectivity index (χ1v) is 13.0. The van der Waals surface area contributed by atoms with E-state index in [2.05, 4.69) is 18.9 Å². The van der Waals surface area contributed by atoms with E-state index in [-0.39, 0.29) is 11.5 Å². The number of aryl methyl sites for hydroxylation is 1. The molecule has 4 aromatic rings. The molecule has 9 nitrogen and oxygen atoms in total. The summed E-state index contributed by atoms with van der Waals surface area (Å²) in [6.07, 6.45) is 0.411. The van der Waals surface area contributed by atoms with Crippen LogP contribution in [0.5, 0.6) is 11.5 Å². The third-order valence-corrected chi connectivity index (χ3v) is 6.67. The molecule has 208 valence electrons. The number of methoxy groups -OCH3 is 1. The van der Waals surface area contributed by atoms with Crippen LogP contribution in [0.25, 0.3) is 22.3 Å². The van der Waals surface area contributed by atoms with Gasteiger partial charge in [-0.25, -0.2) is 9.78 Å². The summed E-state index contributed by atoms with van der Waals surface area (Å²) in [5, 5.41) is 14.4. The van der Waals surface area contributed by atoms with Crippen molar-refractivity contribution in [3.63, 3.8) is 0 Å². The molecule has 40 heavy (non-hydrogen) atoms. The molecule has 0 aliphatic heterocycles. The normalized spacial score (nSPS) is 12.2. The summed E-state index contributed by atoms with van der Waals surface area (Å²) >= 11 is 0. The zero-order valence-electron chi connectivity index (χ0n) is 23.8. The van der Waals surface area contributed by atoms with Crippen LogP contribution < -0.4 is 19.9 Å². The van der Waals surface area contributed by atoms with Crippen molar-refractivity contribution in [3.8, 4) is 22.9 Å². The maximum Gasteiger partial charge on any atom is 0.344 e. The van der Waals surface area contributed by atoms with Crippen LogP contribution in [0.1, 0.15) is 43.4 Å². The molecule has 0 spiro atoms. The molecule has 3 aromatic carbocycles. The van der Waals surface area contributed by atoms with Gasteiger partial charge in [0.2, 0.25) is 0 Å². The number of nitrogens with zero attached hydrogens (tertiary/aromatic N) is 4. The van der Waals surface area contributed by atoms with E-state index < -0.39 is 12.1 Å². The SMILES string of the molecule is COc1cc(C)c(-c2nc3ccccc3c(=O)n2N=Cc2ccc(N(C)C)cc2O[C@H](C)C(=O)O)cc1C(C)C. The number of benzene rings is 3. The minimum atomic E-state index is -1.09. The number of fused-ring (bicyclic) bond motifs is 1. The third kappa shape index (κ3) is 5.68. The maximum absolute atomic E-state index is 13.8. The number of anilines is 1. The van der Waals surface area contributed by atoms with Gasteiger partial charge >= 0.3 is 5.97 Å². The Bertz CT molecular complexity index is 1660. The second kappa shape index (κ2) is 11.6. The fraction of sp³-hybridized carbons (Fsp3) is 0.290. The minimum Gasteiger partial charge on any atom is -0.496 e. The van der Waals surface area contributed by atoms with Crippen LogP contribution in [-0.2, 0) is 4.79 Å². The molecule has 0 aliphatic rings. The minimum absolute atomic E-state index is 0.171. The lowest BCUT2D eigenvalue weighted by Crippen LogP contribution is -2.24. The number of ether oxygens (including phenoxy) is 2. The Hall–Kier alpha value is -4.66. The lowest BCUT2D eigenvalue weighted by molar-refractivity contribution is -0.144. The van der Waals surface area contributed by atoms with Gasteiger partial charge in [-0.3, -0.25) is 4.79 Å². The molecular formula is C31H34N4O5. The highest BCUT2D eigenvalue weighted by atomic mass is 16.5. The second-order valence-electron chi connectivity index (χ2n) is 10.1. The van der Waals surface area contributed by atoms with E-state index in [1.807, 2.05) is 50.2 Å². The predicted molar refractivity (Wildman–Crippen MR) is 158 cm³/mol. The number of aliphatic carboxylic acids is 1. The van der Waals surface area contributed by atoms with Crippen LogP contribution in [-0.4, -0.2) is 54.3 Å². The molecule has 0 saturated heterocycles. The van der Waals surface area contributed by atoms with Gasteiger partial charge in [-0.05, 0) is 67.3 Å². The summed E-state index contributed by atoms with van der Waals surface area (Å²) < 4.78 is 12.7. The Balaban J connectivity index is 1.95. The van der Waals surface area contributed by atoms with Gasteiger partial charge in [-0.15, -0.1) is 0 Å². The van der Waals surface area contributed by atoms with Crippen molar-refractivity contribution in [3.05, 3.63) is 81.6 Å². The van der Waals surface area contributed by atoms with Gasteiger partial charge < -0.3 is 19.5 Å². The molecule has 0 bridgehead atoms. The average molecular weight is 543 g/mol. The number of carboxylic acid groups (broad SMARTS) is 1. The van der Waals surface area contributed by atoms with Crippen LogP contribution in [0.15, 0.2) is 64.5 Å². The topological polar surface area (TPSA) is 106 Å². The molecule has 4 rings (SSSR count). The number of hydrogen-bond acceptors (Lipinski definition) is 7. The summed E-state index contributed by atoms with van der Waals surface area (Å²) in [6, 6.07) is 16.5. The summed E-state index contributed by atoms with van der Waals surface area (Å²) in [4.78, 5) is 32.0. The number of carboxylic acids is 1. The molecule has 9 heteroatoms. The highest BCUT2D eigenvalue weighted by molar-refractivity contribution is 5.86. The first kappa shape index (κ1) is 28.4. The first-order valence-electron chi connectivity index (χ1n) is 13.0. The lowest BCUT2D eigenvalue weighted by Gasteiger charge is -2.18. The highest BCUT2D eigenvalue weighted by Gasteiger charge is 2.19. The molecule has 1 N–H and O–H groups in total. The molecular weight excluding hydrogens is 508 g/mol. The van der Waals surface area contributed by atoms with Crippen LogP contribution in [0.3, 0.4) is 0 Å². The number of carbonyl (C=O) groups is 1. The van der Waals surface area contributed by atoms with Gasteiger partial charge in [0.1, 0.15) is 11.5 Å². The highest BCUT2D eigenvalue weighted by Crippen LogP contribution is 2.34. The molecule has 1 heterocycles. The van der Waals surface area contributed by atoms with E-state index in [0.717, 1.165) is 28.1 Å². The predicted octanol–water partition coefficient (Wildman–Crippen LogP) is 5.30. The number of hydrogen-bond donors (Lipinski definition) is 1. The van der Waals surface area contributed by atoms with Crippen molar-refractivity contribution in [2.24, 2.45) is 5.10 Å². The van der Waals surface area contributed by atoms with Crippen LogP contribution in [0.2, 0.25) is 0 Å². The Morgan fingerprint density at radius 1 is 1.07 bits per heavy atom. The molecule has 1 aromatic heterocycles. The number of para-hydroxylation sites is 1. The largest absolute Gasteiger partial charge is 0.496 e. The Kier molecular flexibility index (Phi) is 8.23. The Morgan fingerprint density at radius 3 is 2.45 bits per heavy atom. The molecule has 0 amide bonds. The fourth-order valence-electron chi connectivity index (χ4n) is 4.34. The first-order chi connectivity index (χ1) is 19.0. The van der Waals surface area contributed by atoms with Crippen LogP contribution in [0, 0.1) is 6.92 Å². The van der Waals surface area contributed by atoms with Gasteiger partial charge in [0.15, 0.2) is 11.9 Å².